The molecule has 2 aromatic carbocycles. The van der Waals surface area contributed by atoms with E-state index >= 15 is 0 Å². The first-order chi connectivity index (χ1) is 13.3. The van der Waals surface area contributed by atoms with Crippen LogP contribution in [0.4, 0.5) is 0 Å². The van der Waals surface area contributed by atoms with Gasteiger partial charge in [-0.15, -0.1) is 0 Å². The summed E-state index contributed by atoms with van der Waals surface area (Å²) in [6, 6.07) is 22.3. The van der Waals surface area contributed by atoms with E-state index in [0.717, 1.165) is 33.4 Å². The lowest BCUT2D eigenvalue weighted by Crippen LogP contribution is -1.92. The van der Waals surface area contributed by atoms with E-state index in [0.29, 0.717) is 0 Å². The fourth-order valence-electron chi connectivity index (χ4n) is 2.71. The van der Waals surface area contributed by atoms with E-state index in [1.54, 1.807) is 18.9 Å². The number of ether oxygens (including phenoxy) is 1. The van der Waals surface area contributed by atoms with Crippen LogP contribution in [0, 0.1) is 0 Å². The topological polar surface area (TPSA) is 39.4 Å². The van der Waals surface area contributed by atoms with Gasteiger partial charge in [-0.3, -0.25) is 0 Å². The van der Waals surface area contributed by atoms with Crippen molar-refractivity contribution in [3.05, 3.63) is 89.7 Å². The Kier molecular flexibility index (Phi) is 5.21. The molecular formula is C22H19N3OS. The molecule has 0 aliphatic carbocycles. The highest BCUT2D eigenvalue weighted by atomic mass is 32.2. The van der Waals surface area contributed by atoms with Crippen LogP contribution < -0.4 is 4.74 Å². The van der Waals surface area contributed by atoms with Gasteiger partial charge in [0, 0.05) is 5.75 Å². The molecule has 0 aliphatic rings. The van der Waals surface area contributed by atoms with E-state index < -0.39 is 0 Å². The molecule has 0 atom stereocenters. The average Bonchev–Trinajstić information content (AvgIpc) is 3.14. The van der Waals surface area contributed by atoms with E-state index in [-0.39, 0.29) is 0 Å². The Morgan fingerprint density at radius 2 is 1.89 bits per heavy atom. The molecule has 0 saturated carbocycles. The fourth-order valence-corrected chi connectivity index (χ4v) is 3.51. The van der Waals surface area contributed by atoms with Gasteiger partial charge in [0.25, 0.3) is 0 Å². The molecule has 0 saturated heterocycles. The minimum absolute atomic E-state index is 0.838. The summed E-state index contributed by atoms with van der Waals surface area (Å²) in [5.41, 5.74) is 4.09. The summed E-state index contributed by atoms with van der Waals surface area (Å²) in [6.45, 7) is 0. The van der Waals surface area contributed by atoms with E-state index in [9.17, 15) is 0 Å². The first kappa shape index (κ1) is 17.4. The molecule has 4 aromatic rings. The summed E-state index contributed by atoms with van der Waals surface area (Å²) in [5, 5.41) is 5.62. The number of aromatic nitrogens is 3. The smallest absolute Gasteiger partial charge is 0.154 e. The zero-order chi connectivity index (χ0) is 18.5. The van der Waals surface area contributed by atoms with Gasteiger partial charge in [0.15, 0.2) is 5.65 Å². The zero-order valence-corrected chi connectivity index (χ0v) is 15.8. The Balaban J connectivity index is 1.48. The minimum atomic E-state index is 0.838. The van der Waals surface area contributed by atoms with E-state index in [4.69, 9.17) is 4.74 Å². The molecule has 0 unspecified atom stereocenters. The molecule has 2 heterocycles. The first-order valence-electron chi connectivity index (χ1n) is 8.65. The first-order valence-corrected chi connectivity index (χ1v) is 9.64. The van der Waals surface area contributed by atoms with Crippen molar-refractivity contribution >= 4 is 29.6 Å². The molecule has 4 rings (SSSR count). The number of nitrogens with zero attached hydrogens (tertiary/aromatic N) is 3. The Morgan fingerprint density at radius 1 is 1.00 bits per heavy atom. The normalized spacial score (nSPS) is 11.3. The van der Waals surface area contributed by atoms with Gasteiger partial charge >= 0.3 is 0 Å². The maximum atomic E-state index is 5.28. The van der Waals surface area contributed by atoms with Gasteiger partial charge in [0.2, 0.25) is 0 Å². The number of fused-ring (bicyclic) bond motifs is 1. The monoisotopic (exact) mass is 373 g/mol. The lowest BCUT2D eigenvalue weighted by molar-refractivity contribution is 0.414. The average molecular weight is 373 g/mol. The number of methoxy groups -OCH3 is 1. The van der Waals surface area contributed by atoms with Crippen molar-refractivity contribution in [2.45, 2.75) is 10.8 Å². The molecule has 0 aliphatic heterocycles. The lowest BCUT2D eigenvalue weighted by atomic mass is 10.2. The van der Waals surface area contributed by atoms with Gasteiger partial charge < -0.3 is 4.74 Å². The van der Waals surface area contributed by atoms with Gasteiger partial charge in [0.1, 0.15) is 10.8 Å². The van der Waals surface area contributed by atoms with Gasteiger partial charge in [-0.2, -0.15) is 5.10 Å². The third kappa shape index (κ3) is 4.38. The van der Waals surface area contributed by atoms with Gasteiger partial charge in [0.05, 0.1) is 19.0 Å². The number of hydrogen-bond donors (Lipinski definition) is 0. The Morgan fingerprint density at radius 3 is 2.74 bits per heavy atom. The molecule has 0 radical (unpaired) electrons. The number of hydrogen-bond acceptors (Lipinski definition) is 4. The summed E-state index contributed by atoms with van der Waals surface area (Å²) in [4.78, 5) is 4.60. The predicted octanol–water partition coefficient (Wildman–Crippen LogP) is 5.20. The van der Waals surface area contributed by atoms with Crippen LogP contribution in [0.1, 0.15) is 16.8 Å². The second kappa shape index (κ2) is 8.10. The minimum Gasteiger partial charge on any atom is -0.497 e. The summed E-state index contributed by atoms with van der Waals surface area (Å²) in [5.74, 6) is 1.71. The second-order valence-electron chi connectivity index (χ2n) is 6.02. The van der Waals surface area contributed by atoms with E-state index in [1.165, 1.54) is 5.56 Å². The number of benzene rings is 2. The van der Waals surface area contributed by atoms with Crippen molar-refractivity contribution in [2.24, 2.45) is 0 Å². The van der Waals surface area contributed by atoms with Crippen molar-refractivity contribution in [1.29, 1.82) is 0 Å². The lowest BCUT2D eigenvalue weighted by Gasteiger charge is -2.04. The highest BCUT2D eigenvalue weighted by Crippen LogP contribution is 2.23. The molecular weight excluding hydrogens is 354 g/mol. The number of imidazole rings is 1. The molecule has 5 heteroatoms. The Hall–Kier alpha value is -3.05. The Bertz CT molecular complexity index is 1070. The summed E-state index contributed by atoms with van der Waals surface area (Å²) in [7, 11) is 1.69. The van der Waals surface area contributed by atoms with Crippen LogP contribution >= 0.6 is 11.8 Å². The van der Waals surface area contributed by atoms with Crippen LogP contribution in [-0.4, -0.2) is 21.7 Å². The SMILES string of the molecule is COc1cccc(CSc2ccc3nc(/C=C/c4ccccc4)cn3n2)c1. The molecule has 27 heavy (non-hydrogen) atoms. The van der Waals surface area contributed by atoms with Crippen LogP contribution in [0.15, 0.2) is 78.0 Å². The summed E-state index contributed by atoms with van der Waals surface area (Å²) in [6.07, 6.45) is 6.01. The van der Waals surface area contributed by atoms with Gasteiger partial charge in [-0.1, -0.05) is 60.3 Å². The van der Waals surface area contributed by atoms with Crippen LogP contribution in [-0.2, 0) is 5.75 Å². The van der Waals surface area contributed by atoms with Crippen molar-refractivity contribution in [3.63, 3.8) is 0 Å². The van der Waals surface area contributed by atoms with Gasteiger partial charge in [-0.05, 0) is 41.5 Å². The highest BCUT2D eigenvalue weighted by Gasteiger charge is 2.04. The predicted molar refractivity (Wildman–Crippen MR) is 111 cm³/mol. The van der Waals surface area contributed by atoms with Crippen molar-refractivity contribution in [1.82, 2.24) is 14.6 Å². The molecule has 0 spiro atoms. The zero-order valence-electron chi connectivity index (χ0n) is 14.9. The molecule has 0 bridgehead atoms. The molecule has 0 amide bonds. The van der Waals surface area contributed by atoms with Crippen LogP contribution in [0.5, 0.6) is 5.75 Å². The second-order valence-corrected chi connectivity index (χ2v) is 7.02. The standard InChI is InChI=1S/C22H19N3OS/c1-26-20-9-5-8-18(14-20)16-27-22-13-12-21-23-19(15-25(21)24-22)11-10-17-6-3-2-4-7-17/h2-15H,16H2,1H3/b11-10+. The molecule has 4 nitrogen and oxygen atoms in total. The quantitative estimate of drug-likeness (QED) is 0.436. The van der Waals surface area contributed by atoms with Crippen LogP contribution in [0.2, 0.25) is 0 Å². The third-order valence-corrected chi connectivity index (χ3v) is 5.07. The Labute approximate surface area is 162 Å². The number of thioether (sulfide) groups is 1. The van der Waals surface area contributed by atoms with E-state index in [2.05, 4.69) is 40.4 Å². The summed E-state index contributed by atoms with van der Waals surface area (Å²) < 4.78 is 7.11. The third-order valence-electron chi connectivity index (χ3n) is 4.08. The molecule has 0 N–H and O–H groups in total. The number of rotatable bonds is 6. The van der Waals surface area contributed by atoms with Crippen molar-refractivity contribution in [2.75, 3.05) is 7.11 Å². The van der Waals surface area contributed by atoms with Gasteiger partial charge in [-0.25, -0.2) is 9.50 Å². The van der Waals surface area contributed by atoms with Crippen molar-refractivity contribution < 1.29 is 4.74 Å². The fraction of sp³-hybridized carbons (Fsp3) is 0.0909. The van der Waals surface area contributed by atoms with Crippen LogP contribution in [0.3, 0.4) is 0 Å². The summed E-state index contributed by atoms with van der Waals surface area (Å²) >= 11 is 1.69. The van der Waals surface area contributed by atoms with Crippen LogP contribution in [0.25, 0.3) is 17.8 Å². The van der Waals surface area contributed by atoms with Crippen molar-refractivity contribution in [3.8, 4) is 5.75 Å². The maximum absolute atomic E-state index is 5.28. The molecule has 2 aromatic heterocycles. The molecule has 0 fully saturated rings. The maximum Gasteiger partial charge on any atom is 0.154 e. The molecule has 134 valence electrons. The largest absolute Gasteiger partial charge is 0.497 e. The highest BCUT2D eigenvalue weighted by molar-refractivity contribution is 7.98. The van der Waals surface area contributed by atoms with E-state index in [1.807, 2.05) is 59.3 Å².